The van der Waals surface area contributed by atoms with Crippen molar-refractivity contribution in [3.05, 3.63) is 42.0 Å². The van der Waals surface area contributed by atoms with E-state index in [0.717, 1.165) is 18.2 Å². The fraction of sp³-hybridized carbons (Fsp3) is 0.542. The number of carbonyl (C=O) groups is 1. The van der Waals surface area contributed by atoms with Gasteiger partial charge in [0, 0.05) is 19.6 Å². The molecular weight excluding hydrogens is 350 g/mol. The van der Waals surface area contributed by atoms with Gasteiger partial charge in [-0.2, -0.15) is 0 Å². The van der Waals surface area contributed by atoms with E-state index in [-0.39, 0.29) is 5.92 Å². The second-order valence-corrected chi connectivity index (χ2v) is 8.62. The fourth-order valence-electron chi connectivity index (χ4n) is 4.70. The minimum absolute atomic E-state index is 0.197. The summed E-state index contributed by atoms with van der Waals surface area (Å²) in [5.41, 5.74) is 1.24. The third-order valence-electron chi connectivity index (χ3n) is 6.38. The van der Waals surface area contributed by atoms with E-state index in [9.17, 15) is 4.79 Å². The van der Waals surface area contributed by atoms with Gasteiger partial charge in [-0.25, -0.2) is 0 Å². The first-order valence-corrected chi connectivity index (χ1v) is 10.7. The molecule has 4 rings (SSSR count). The lowest BCUT2D eigenvalue weighted by Gasteiger charge is -2.36. The van der Waals surface area contributed by atoms with Crippen molar-refractivity contribution in [3.8, 4) is 5.75 Å². The van der Waals surface area contributed by atoms with Gasteiger partial charge in [0.25, 0.3) is 0 Å². The van der Waals surface area contributed by atoms with Crippen LogP contribution < -0.4 is 4.74 Å². The Morgan fingerprint density at radius 3 is 2.50 bits per heavy atom. The normalized spacial score (nSPS) is 23.5. The van der Waals surface area contributed by atoms with Crippen LogP contribution in [0, 0.1) is 11.8 Å². The quantitative estimate of drug-likeness (QED) is 0.725. The first-order chi connectivity index (χ1) is 13.6. The monoisotopic (exact) mass is 381 g/mol. The second-order valence-electron chi connectivity index (χ2n) is 8.62. The van der Waals surface area contributed by atoms with Crippen LogP contribution in [0.5, 0.6) is 5.75 Å². The molecule has 28 heavy (non-hydrogen) atoms. The molecule has 2 aromatic rings. The number of aliphatic carboxylic acids is 1. The van der Waals surface area contributed by atoms with E-state index in [1.165, 1.54) is 54.9 Å². The van der Waals surface area contributed by atoms with Crippen LogP contribution in [-0.4, -0.2) is 35.2 Å². The molecule has 0 unspecified atom stereocenters. The summed E-state index contributed by atoms with van der Waals surface area (Å²) in [6.45, 7) is 4.40. The van der Waals surface area contributed by atoms with E-state index in [1.807, 2.05) is 0 Å². The molecule has 1 aliphatic carbocycles. The van der Waals surface area contributed by atoms with Crippen molar-refractivity contribution in [2.24, 2.45) is 11.8 Å². The van der Waals surface area contributed by atoms with Gasteiger partial charge in [-0.05, 0) is 66.1 Å². The molecule has 4 heteroatoms. The minimum atomic E-state index is -0.679. The summed E-state index contributed by atoms with van der Waals surface area (Å²) in [5, 5.41) is 11.4. The topological polar surface area (TPSA) is 49.8 Å². The van der Waals surface area contributed by atoms with Gasteiger partial charge < -0.3 is 9.84 Å². The Morgan fingerprint density at radius 1 is 1.07 bits per heavy atom. The zero-order valence-electron chi connectivity index (χ0n) is 16.8. The van der Waals surface area contributed by atoms with Crippen molar-refractivity contribution >= 4 is 16.7 Å². The van der Waals surface area contributed by atoms with Crippen LogP contribution in [0.25, 0.3) is 10.8 Å². The summed E-state index contributed by atoms with van der Waals surface area (Å²) < 4.78 is 6.28. The van der Waals surface area contributed by atoms with E-state index in [2.05, 4.69) is 48.2 Å². The van der Waals surface area contributed by atoms with E-state index >= 15 is 0 Å². The standard InChI is InChI=1S/C24H31NO3/c1-2-3-17-5-9-22(10-6-17)28-23-11-8-19-12-18(4-7-20(19)13-23)14-25-15-21(16-25)24(26)27/h4,7-8,11-13,17,21-22H,2-3,5-6,9-10,14-16H2,1H3,(H,26,27). The Labute approximate surface area is 167 Å². The van der Waals surface area contributed by atoms with E-state index < -0.39 is 5.97 Å². The van der Waals surface area contributed by atoms with Crippen molar-refractivity contribution in [3.63, 3.8) is 0 Å². The lowest BCUT2D eigenvalue weighted by atomic mass is 9.85. The molecule has 0 amide bonds. The third-order valence-corrected chi connectivity index (χ3v) is 6.38. The van der Waals surface area contributed by atoms with Crippen LogP contribution in [0.3, 0.4) is 0 Å². The number of rotatable bonds is 7. The zero-order valence-corrected chi connectivity index (χ0v) is 16.8. The number of likely N-dealkylation sites (tertiary alicyclic amines) is 1. The summed E-state index contributed by atoms with van der Waals surface area (Å²) in [6.07, 6.45) is 7.96. The fourth-order valence-corrected chi connectivity index (χ4v) is 4.70. The van der Waals surface area contributed by atoms with E-state index in [1.54, 1.807) is 0 Å². The highest BCUT2D eigenvalue weighted by Crippen LogP contribution is 2.31. The minimum Gasteiger partial charge on any atom is -0.490 e. The lowest BCUT2D eigenvalue weighted by molar-refractivity contribution is -0.147. The van der Waals surface area contributed by atoms with E-state index in [4.69, 9.17) is 9.84 Å². The number of hydrogen-bond donors (Lipinski definition) is 1. The van der Waals surface area contributed by atoms with Gasteiger partial charge in [0.05, 0.1) is 12.0 Å². The highest BCUT2D eigenvalue weighted by atomic mass is 16.5. The van der Waals surface area contributed by atoms with Crippen molar-refractivity contribution in [2.45, 2.75) is 58.1 Å². The number of hydrogen-bond acceptors (Lipinski definition) is 3. The molecule has 2 fully saturated rings. The zero-order chi connectivity index (χ0) is 19.5. The molecule has 150 valence electrons. The Bertz CT molecular complexity index is 820. The van der Waals surface area contributed by atoms with Crippen LogP contribution in [0.4, 0.5) is 0 Å². The van der Waals surface area contributed by atoms with Gasteiger partial charge in [0.2, 0.25) is 0 Å². The largest absolute Gasteiger partial charge is 0.490 e. The second kappa shape index (κ2) is 8.52. The molecule has 1 saturated heterocycles. The number of carboxylic acid groups (broad SMARTS) is 1. The third kappa shape index (κ3) is 4.49. The highest BCUT2D eigenvalue weighted by Gasteiger charge is 2.32. The maximum Gasteiger partial charge on any atom is 0.309 e. The Morgan fingerprint density at radius 2 is 1.79 bits per heavy atom. The molecule has 2 aliphatic rings. The molecule has 0 spiro atoms. The lowest BCUT2D eigenvalue weighted by Crippen LogP contribution is -2.49. The van der Waals surface area contributed by atoms with Gasteiger partial charge in [-0.3, -0.25) is 9.69 Å². The molecular formula is C24H31NO3. The summed E-state index contributed by atoms with van der Waals surface area (Å²) in [5.74, 6) is 1.00. The van der Waals surface area contributed by atoms with Crippen LogP contribution in [0.15, 0.2) is 36.4 Å². The summed E-state index contributed by atoms with van der Waals surface area (Å²) >= 11 is 0. The van der Waals surface area contributed by atoms with Gasteiger partial charge in [0.15, 0.2) is 0 Å². The van der Waals surface area contributed by atoms with Crippen LogP contribution in [-0.2, 0) is 11.3 Å². The maximum absolute atomic E-state index is 10.9. The Balaban J connectivity index is 1.34. The number of carboxylic acids is 1. The van der Waals surface area contributed by atoms with Crippen molar-refractivity contribution in [2.75, 3.05) is 13.1 Å². The van der Waals surface area contributed by atoms with Crippen LogP contribution in [0.2, 0.25) is 0 Å². The predicted molar refractivity (Wildman–Crippen MR) is 112 cm³/mol. The molecule has 0 bridgehead atoms. The van der Waals surface area contributed by atoms with Crippen molar-refractivity contribution < 1.29 is 14.6 Å². The van der Waals surface area contributed by atoms with E-state index in [0.29, 0.717) is 19.2 Å². The molecule has 1 aliphatic heterocycles. The van der Waals surface area contributed by atoms with Crippen LogP contribution >= 0.6 is 0 Å². The van der Waals surface area contributed by atoms with Gasteiger partial charge in [-0.15, -0.1) is 0 Å². The number of nitrogens with zero attached hydrogens (tertiary/aromatic N) is 1. The Kier molecular flexibility index (Phi) is 5.86. The first kappa shape index (κ1) is 19.3. The van der Waals surface area contributed by atoms with Crippen molar-refractivity contribution in [1.29, 1.82) is 0 Å². The van der Waals surface area contributed by atoms with Gasteiger partial charge in [-0.1, -0.05) is 38.0 Å². The number of benzene rings is 2. The maximum atomic E-state index is 10.9. The predicted octanol–water partition coefficient (Wildman–Crippen LogP) is 5.09. The average Bonchev–Trinajstić information content (AvgIpc) is 2.66. The molecule has 0 radical (unpaired) electrons. The molecule has 2 aromatic carbocycles. The molecule has 1 heterocycles. The molecule has 1 N–H and O–H groups in total. The molecule has 4 nitrogen and oxygen atoms in total. The first-order valence-electron chi connectivity index (χ1n) is 10.7. The number of fused-ring (bicyclic) bond motifs is 1. The van der Waals surface area contributed by atoms with Gasteiger partial charge in [0.1, 0.15) is 5.75 Å². The van der Waals surface area contributed by atoms with Gasteiger partial charge >= 0.3 is 5.97 Å². The number of ether oxygens (including phenoxy) is 1. The summed E-state index contributed by atoms with van der Waals surface area (Å²) in [4.78, 5) is 13.1. The SMILES string of the molecule is CCCC1CCC(Oc2ccc3cc(CN4CC(C(=O)O)C4)ccc3c2)CC1. The molecule has 1 saturated carbocycles. The summed E-state index contributed by atoms with van der Waals surface area (Å²) in [6, 6.07) is 12.9. The molecule has 0 aromatic heterocycles. The highest BCUT2D eigenvalue weighted by molar-refractivity contribution is 5.84. The smallest absolute Gasteiger partial charge is 0.309 e. The van der Waals surface area contributed by atoms with Crippen molar-refractivity contribution in [1.82, 2.24) is 4.90 Å². The average molecular weight is 382 g/mol. The van der Waals surface area contributed by atoms with Crippen LogP contribution in [0.1, 0.15) is 51.0 Å². The molecule has 0 atom stereocenters. The summed E-state index contributed by atoms with van der Waals surface area (Å²) in [7, 11) is 0. The Hall–Kier alpha value is -2.07.